The lowest BCUT2D eigenvalue weighted by Crippen LogP contribution is -2.23. The Bertz CT molecular complexity index is 1200. The van der Waals surface area contributed by atoms with Gasteiger partial charge in [-0.25, -0.2) is 4.68 Å². The minimum absolute atomic E-state index is 0.227. The number of hydrogen-bond acceptors (Lipinski definition) is 5. The van der Waals surface area contributed by atoms with Crippen LogP contribution in [0.1, 0.15) is 21.5 Å². The second-order valence-electron chi connectivity index (χ2n) is 7.21. The van der Waals surface area contributed by atoms with Crippen molar-refractivity contribution in [3.8, 4) is 28.4 Å². The minimum atomic E-state index is -0.227. The van der Waals surface area contributed by atoms with E-state index in [4.69, 9.17) is 14.6 Å². The number of nitrogens with zero attached hydrogens (tertiary/aromatic N) is 3. The van der Waals surface area contributed by atoms with Gasteiger partial charge >= 0.3 is 0 Å². The van der Waals surface area contributed by atoms with Crippen LogP contribution in [-0.2, 0) is 6.54 Å². The third-order valence-corrected chi connectivity index (χ3v) is 5.22. The Morgan fingerprint density at radius 3 is 2.28 bits per heavy atom. The average molecular weight is 428 g/mol. The molecule has 7 heteroatoms. The summed E-state index contributed by atoms with van der Waals surface area (Å²) in [6, 6.07) is 17.1. The lowest BCUT2D eigenvalue weighted by Gasteiger charge is -2.12. The van der Waals surface area contributed by atoms with Crippen LogP contribution in [-0.4, -0.2) is 34.9 Å². The van der Waals surface area contributed by atoms with E-state index in [0.717, 1.165) is 28.1 Å². The second kappa shape index (κ2) is 9.34. The Morgan fingerprint density at radius 2 is 1.66 bits per heavy atom. The van der Waals surface area contributed by atoms with Crippen LogP contribution in [0.15, 0.2) is 73.2 Å². The molecule has 2 heterocycles. The van der Waals surface area contributed by atoms with E-state index < -0.39 is 0 Å². The highest BCUT2D eigenvalue weighted by Gasteiger charge is 2.16. The molecular weight excluding hydrogens is 404 g/mol. The molecular formula is C25H24N4O3. The molecule has 0 bridgehead atoms. The molecule has 1 N–H and O–H groups in total. The topological polar surface area (TPSA) is 78.3 Å². The molecule has 0 radical (unpaired) electrons. The maximum atomic E-state index is 12.9. The average Bonchev–Trinajstić information content (AvgIpc) is 3.28. The molecule has 162 valence electrons. The normalized spacial score (nSPS) is 10.6. The molecule has 32 heavy (non-hydrogen) atoms. The van der Waals surface area contributed by atoms with Gasteiger partial charge in [0, 0.05) is 47.4 Å². The van der Waals surface area contributed by atoms with Gasteiger partial charge in [-0.15, -0.1) is 0 Å². The van der Waals surface area contributed by atoms with Crippen molar-refractivity contribution in [3.05, 3.63) is 89.9 Å². The third kappa shape index (κ3) is 4.32. The summed E-state index contributed by atoms with van der Waals surface area (Å²) in [6.07, 6.45) is 5.38. The number of pyridine rings is 1. The van der Waals surface area contributed by atoms with Crippen LogP contribution in [0.3, 0.4) is 0 Å². The fourth-order valence-electron chi connectivity index (χ4n) is 3.50. The smallest absolute Gasteiger partial charge is 0.251 e. The summed E-state index contributed by atoms with van der Waals surface area (Å²) in [7, 11) is 3.14. The highest BCUT2D eigenvalue weighted by molar-refractivity contribution is 5.95. The summed E-state index contributed by atoms with van der Waals surface area (Å²) in [5.74, 6) is 0.975. The molecule has 0 aliphatic rings. The van der Waals surface area contributed by atoms with Crippen molar-refractivity contribution < 1.29 is 14.3 Å². The maximum Gasteiger partial charge on any atom is 0.251 e. The number of amides is 1. The quantitative estimate of drug-likeness (QED) is 0.478. The molecule has 4 aromatic rings. The monoisotopic (exact) mass is 428 g/mol. The molecule has 2 aromatic carbocycles. The van der Waals surface area contributed by atoms with Crippen molar-refractivity contribution in [1.82, 2.24) is 20.1 Å². The van der Waals surface area contributed by atoms with Gasteiger partial charge in [-0.05, 0) is 43.3 Å². The van der Waals surface area contributed by atoms with E-state index in [2.05, 4.69) is 10.3 Å². The van der Waals surface area contributed by atoms with Crippen molar-refractivity contribution in [2.75, 3.05) is 14.2 Å². The molecule has 0 aliphatic carbocycles. The number of benzene rings is 2. The Balaban J connectivity index is 1.63. The SMILES string of the molecule is COc1cc(C(=O)NCc2cn(-c3ccccc3)nc2-c2ccncc2)cc(OC)c1C. The highest BCUT2D eigenvalue weighted by Crippen LogP contribution is 2.29. The van der Waals surface area contributed by atoms with Crippen molar-refractivity contribution in [2.45, 2.75) is 13.5 Å². The predicted octanol–water partition coefficient (Wildman–Crippen LogP) is 4.19. The fourth-order valence-corrected chi connectivity index (χ4v) is 3.50. The lowest BCUT2D eigenvalue weighted by atomic mass is 10.1. The number of carbonyl (C=O) groups is 1. The number of rotatable bonds is 7. The Hall–Kier alpha value is -4.13. The number of carbonyl (C=O) groups excluding carboxylic acids is 1. The summed E-state index contributed by atoms with van der Waals surface area (Å²) < 4.78 is 12.6. The first-order valence-corrected chi connectivity index (χ1v) is 10.2. The van der Waals surface area contributed by atoms with Gasteiger partial charge in [0.25, 0.3) is 5.91 Å². The van der Waals surface area contributed by atoms with Gasteiger partial charge in [0.2, 0.25) is 0 Å². The van der Waals surface area contributed by atoms with Gasteiger partial charge in [0.1, 0.15) is 11.5 Å². The van der Waals surface area contributed by atoms with E-state index >= 15 is 0 Å². The van der Waals surface area contributed by atoms with Gasteiger partial charge in [0.05, 0.1) is 25.6 Å². The number of nitrogens with one attached hydrogen (secondary N) is 1. The zero-order valence-electron chi connectivity index (χ0n) is 18.2. The first kappa shape index (κ1) is 21.1. The molecule has 0 saturated carbocycles. The standard InChI is InChI=1S/C25H24N4O3/c1-17-22(31-2)13-19(14-23(17)32-3)25(30)27-15-20-16-29(21-7-5-4-6-8-21)28-24(20)18-9-11-26-12-10-18/h4-14,16H,15H2,1-3H3,(H,27,30). The van der Waals surface area contributed by atoms with E-state index in [9.17, 15) is 4.79 Å². The second-order valence-corrected chi connectivity index (χ2v) is 7.21. The van der Waals surface area contributed by atoms with Crippen LogP contribution < -0.4 is 14.8 Å². The van der Waals surface area contributed by atoms with Gasteiger partial charge in [-0.3, -0.25) is 9.78 Å². The lowest BCUT2D eigenvalue weighted by molar-refractivity contribution is 0.0950. The van der Waals surface area contributed by atoms with Crippen molar-refractivity contribution in [1.29, 1.82) is 0 Å². The number of para-hydroxylation sites is 1. The molecule has 0 saturated heterocycles. The number of aromatic nitrogens is 3. The Morgan fingerprint density at radius 1 is 1.00 bits per heavy atom. The third-order valence-electron chi connectivity index (χ3n) is 5.22. The van der Waals surface area contributed by atoms with Gasteiger partial charge in [-0.1, -0.05) is 18.2 Å². The molecule has 0 aliphatic heterocycles. The van der Waals surface area contributed by atoms with Crippen LogP contribution in [0.2, 0.25) is 0 Å². The summed E-state index contributed by atoms with van der Waals surface area (Å²) >= 11 is 0. The summed E-state index contributed by atoms with van der Waals surface area (Å²) in [5.41, 5.74) is 4.85. The largest absolute Gasteiger partial charge is 0.496 e. The highest BCUT2D eigenvalue weighted by atomic mass is 16.5. The molecule has 4 rings (SSSR count). The number of hydrogen-bond donors (Lipinski definition) is 1. The van der Waals surface area contributed by atoms with Crippen molar-refractivity contribution in [2.24, 2.45) is 0 Å². The zero-order valence-corrected chi connectivity index (χ0v) is 18.2. The number of methoxy groups -OCH3 is 2. The Kier molecular flexibility index (Phi) is 6.17. The van der Waals surface area contributed by atoms with Crippen LogP contribution in [0.25, 0.3) is 16.9 Å². The molecule has 0 atom stereocenters. The van der Waals surface area contributed by atoms with E-state index in [-0.39, 0.29) is 5.91 Å². The van der Waals surface area contributed by atoms with Crippen LogP contribution in [0, 0.1) is 6.92 Å². The molecule has 2 aromatic heterocycles. The van der Waals surface area contributed by atoms with E-state index in [1.54, 1.807) is 38.7 Å². The minimum Gasteiger partial charge on any atom is -0.496 e. The maximum absolute atomic E-state index is 12.9. The molecule has 0 spiro atoms. The van der Waals surface area contributed by atoms with Crippen LogP contribution >= 0.6 is 0 Å². The zero-order chi connectivity index (χ0) is 22.5. The van der Waals surface area contributed by atoms with E-state index in [0.29, 0.717) is 23.6 Å². The molecule has 0 unspecified atom stereocenters. The van der Waals surface area contributed by atoms with Gasteiger partial charge < -0.3 is 14.8 Å². The van der Waals surface area contributed by atoms with E-state index in [1.807, 2.05) is 60.3 Å². The summed E-state index contributed by atoms with van der Waals surface area (Å²) in [6.45, 7) is 2.19. The number of ether oxygens (including phenoxy) is 2. The predicted molar refractivity (Wildman–Crippen MR) is 122 cm³/mol. The fraction of sp³-hybridized carbons (Fsp3) is 0.160. The van der Waals surface area contributed by atoms with Crippen molar-refractivity contribution in [3.63, 3.8) is 0 Å². The van der Waals surface area contributed by atoms with Crippen LogP contribution in [0.4, 0.5) is 0 Å². The molecule has 7 nitrogen and oxygen atoms in total. The molecule has 1 amide bonds. The van der Waals surface area contributed by atoms with Crippen molar-refractivity contribution >= 4 is 5.91 Å². The van der Waals surface area contributed by atoms with Gasteiger partial charge in [0.15, 0.2) is 0 Å². The summed E-state index contributed by atoms with van der Waals surface area (Å²) in [4.78, 5) is 17.0. The first-order chi connectivity index (χ1) is 15.6. The first-order valence-electron chi connectivity index (χ1n) is 10.2. The summed E-state index contributed by atoms with van der Waals surface area (Å²) in [5, 5.41) is 7.76. The molecule has 0 fully saturated rings. The van der Waals surface area contributed by atoms with Gasteiger partial charge in [-0.2, -0.15) is 5.10 Å². The Labute approximate surface area is 186 Å². The van der Waals surface area contributed by atoms with Crippen LogP contribution in [0.5, 0.6) is 11.5 Å². The van der Waals surface area contributed by atoms with E-state index in [1.165, 1.54) is 0 Å².